The van der Waals surface area contributed by atoms with Gasteiger partial charge < -0.3 is 9.64 Å². The monoisotopic (exact) mass is 411 g/mol. The SMILES string of the molecule is CC1CCC(c2ccc3nn(C(C)C)cc3c2)N(C(=O)C(=O)OCC(F)(F)F)C1. The molecule has 9 heteroatoms. The van der Waals surface area contributed by atoms with E-state index in [9.17, 15) is 22.8 Å². The molecule has 1 fully saturated rings. The Morgan fingerprint density at radius 1 is 1.28 bits per heavy atom. The van der Waals surface area contributed by atoms with E-state index in [1.165, 1.54) is 4.90 Å². The van der Waals surface area contributed by atoms with Crippen molar-refractivity contribution in [2.24, 2.45) is 5.92 Å². The Kier molecular flexibility index (Phi) is 5.86. The molecule has 1 aliphatic rings. The van der Waals surface area contributed by atoms with Gasteiger partial charge in [-0.2, -0.15) is 18.3 Å². The molecule has 3 rings (SSSR count). The van der Waals surface area contributed by atoms with Crippen LogP contribution in [0.1, 0.15) is 51.3 Å². The molecule has 1 aromatic heterocycles. The molecule has 0 spiro atoms. The van der Waals surface area contributed by atoms with E-state index in [-0.39, 0.29) is 18.5 Å². The van der Waals surface area contributed by atoms with Gasteiger partial charge in [-0.25, -0.2) is 4.79 Å². The van der Waals surface area contributed by atoms with Crippen LogP contribution in [0.3, 0.4) is 0 Å². The van der Waals surface area contributed by atoms with Crippen LogP contribution in [-0.4, -0.2) is 45.9 Å². The first kappa shape index (κ1) is 21.1. The minimum absolute atomic E-state index is 0.137. The maximum atomic E-state index is 12.6. The van der Waals surface area contributed by atoms with Crippen molar-refractivity contribution >= 4 is 22.8 Å². The summed E-state index contributed by atoms with van der Waals surface area (Å²) >= 11 is 0. The molecule has 0 bridgehead atoms. The van der Waals surface area contributed by atoms with Gasteiger partial charge in [0.05, 0.1) is 11.6 Å². The fourth-order valence-corrected chi connectivity index (χ4v) is 3.59. The lowest BCUT2D eigenvalue weighted by atomic mass is 9.89. The molecule has 2 heterocycles. The van der Waals surface area contributed by atoms with Crippen molar-refractivity contribution in [2.45, 2.75) is 51.9 Å². The Morgan fingerprint density at radius 2 is 2.00 bits per heavy atom. The molecule has 1 aliphatic heterocycles. The standard InChI is InChI=1S/C20H24F3N3O3/c1-12(2)26-10-15-8-14(5-6-16(15)24-26)17-7-4-13(3)9-25(17)18(27)19(28)29-11-20(21,22)23/h5-6,8,10,12-13,17H,4,7,9,11H2,1-3H3. The van der Waals surface area contributed by atoms with Crippen LogP contribution in [0.5, 0.6) is 0 Å². The van der Waals surface area contributed by atoms with Crippen LogP contribution in [0, 0.1) is 5.92 Å². The summed E-state index contributed by atoms with van der Waals surface area (Å²) in [6.07, 6.45) is -1.30. The fraction of sp³-hybridized carbons (Fsp3) is 0.550. The van der Waals surface area contributed by atoms with Crippen LogP contribution in [0.15, 0.2) is 24.4 Å². The number of hydrogen-bond donors (Lipinski definition) is 0. The average molecular weight is 411 g/mol. The number of carbonyl (C=O) groups excluding carboxylic acids is 2. The highest BCUT2D eigenvalue weighted by atomic mass is 19.4. The molecule has 2 unspecified atom stereocenters. The van der Waals surface area contributed by atoms with Gasteiger partial charge in [-0.3, -0.25) is 9.48 Å². The summed E-state index contributed by atoms with van der Waals surface area (Å²) in [5.74, 6) is -2.38. The van der Waals surface area contributed by atoms with E-state index in [0.717, 1.165) is 22.9 Å². The van der Waals surface area contributed by atoms with Crippen molar-refractivity contribution in [3.63, 3.8) is 0 Å². The van der Waals surface area contributed by atoms with E-state index in [1.54, 1.807) is 0 Å². The third kappa shape index (κ3) is 4.89. The number of alkyl halides is 3. The molecule has 29 heavy (non-hydrogen) atoms. The number of ether oxygens (including phenoxy) is 1. The lowest BCUT2D eigenvalue weighted by Gasteiger charge is -2.38. The molecule has 0 radical (unpaired) electrons. The Balaban J connectivity index is 1.85. The normalized spacial score (nSPS) is 20.3. The van der Waals surface area contributed by atoms with Gasteiger partial charge in [0.2, 0.25) is 0 Å². The minimum Gasteiger partial charge on any atom is -0.449 e. The fourth-order valence-electron chi connectivity index (χ4n) is 3.59. The van der Waals surface area contributed by atoms with Crippen molar-refractivity contribution in [1.29, 1.82) is 0 Å². The highest BCUT2D eigenvalue weighted by molar-refractivity contribution is 6.32. The highest BCUT2D eigenvalue weighted by Gasteiger charge is 2.37. The minimum atomic E-state index is -4.67. The van der Waals surface area contributed by atoms with E-state index < -0.39 is 30.7 Å². The lowest BCUT2D eigenvalue weighted by Crippen LogP contribution is -2.45. The molecule has 1 amide bonds. The van der Waals surface area contributed by atoms with Crippen LogP contribution in [0.2, 0.25) is 0 Å². The van der Waals surface area contributed by atoms with Gasteiger partial charge >= 0.3 is 18.1 Å². The van der Waals surface area contributed by atoms with E-state index in [4.69, 9.17) is 0 Å². The van der Waals surface area contributed by atoms with Gasteiger partial charge in [0, 0.05) is 24.2 Å². The number of halogens is 3. The number of hydrogen-bond acceptors (Lipinski definition) is 4. The number of fused-ring (bicyclic) bond motifs is 1. The smallest absolute Gasteiger partial charge is 0.422 e. The topological polar surface area (TPSA) is 64.4 Å². The van der Waals surface area contributed by atoms with E-state index in [2.05, 4.69) is 9.84 Å². The summed E-state index contributed by atoms with van der Waals surface area (Å²) in [6.45, 7) is 4.48. The maximum Gasteiger partial charge on any atom is 0.422 e. The molecule has 6 nitrogen and oxygen atoms in total. The number of piperidine rings is 1. The summed E-state index contributed by atoms with van der Waals surface area (Å²) in [6, 6.07) is 5.42. The molecule has 1 aromatic carbocycles. The number of rotatable bonds is 3. The van der Waals surface area contributed by atoms with Gasteiger partial charge in [-0.1, -0.05) is 13.0 Å². The van der Waals surface area contributed by atoms with Crippen molar-refractivity contribution in [3.8, 4) is 0 Å². The number of aromatic nitrogens is 2. The van der Waals surface area contributed by atoms with Crippen LogP contribution < -0.4 is 0 Å². The molecule has 0 N–H and O–H groups in total. The van der Waals surface area contributed by atoms with Gasteiger partial charge in [0.25, 0.3) is 0 Å². The quantitative estimate of drug-likeness (QED) is 0.565. The Bertz CT molecular complexity index is 907. The maximum absolute atomic E-state index is 12.6. The summed E-state index contributed by atoms with van der Waals surface area (Å²) in [4.78, 5) is 25.8. The van der Waals surface area contributed by atoms with E-state index in [1.807, 2.05) is 49.8 Å². The zero-order valence-corrected chi connectivity index (χ0v) is 16.6. The zero-order chi connectivity index (χ0) is 21.3. The van der Waals surface area contributed by atoms with E-state index in [0.29, 0.717) is 6.42 Å². The predicted molar refractivity (Wildman–Crippen MR) is 100.0 cm³/mol. The first-order valence-corrected chi connectivity index (χ1v) is 9.58. The number of benzene rings is 1. The number of amides is 1. The second-order valence-corrected chi connectivity index (χ2v) is 7.87. The summed E-state index contributed by atoms with van der Waals surface area (Å²) < 4.78 is 43.0. The van der Waals surface area contributed by atoms with Crippen molar-refractivity contribution in [1.82, 2.24) is 14.7 Å². The van der Waals surface area contributed by atoms with Gasteiger partial charge in [-0.05, 0) is 50.3 Å². The second kappa shape index (κ2) is 8.04. The summed E-state index contributed by atoms with van der Waals surface area (Å²) in [5, 5.41) is 5.40. The third-order valence-corrected chi connectivity index (χ3v) is 5.08. The first-order chi connectivity index (χ1) is 13.5. The highest BCUT2D eigenvalue weighted by Crippen LogP contribution is 2.35. The summed E-state index contributed by atoms with van der Waals surface area (Å²) in [7, 11) is 0. The van der Waals surface area contributed by atoms with Crippen LogP contribution in [0.25, 0.3) is 10.9 Å². The number of carbonyl (C=O) groups is 2. The molecule has 158 valence electrons. The van der Waals surface area contributed by atoms with Gasteiger partial charge in [-0.15, -0.1) is 0 Å². The largest absolute Gasteiger partial charge is 0.449 e. The molecule has 1 saturated heterocycles. The molecule has 0 saturated carbocycles. The average Bonchev–Trinajstić information content (AvgIpc) is 3.08. The Labute approximate surface area is 166 Å². The predicted octanol–water partition coefficient (Wildman–Crippen LogP) is 4.02. The molecular formula is C20H24F3N3O3. The van der Waals surface area contributed by atoms with Crippen LogP contribution in [-0.2, 0) is 14.3 Å². The van der Waals surface area contributed by atoms with Crippen molar-refractivity contribution in [3.05, 3.63) is 30.0 Å². The molecule has 2 atom stereocenters. The number of likely N-dealkylation sites (tertiary alicyclic amines) is 1. The summed E-state index contributed by atoms with van der Waals surface area (Å²) in [5.41, 5.74) is 1.64. The van der Waals surface area contributed by atoms with Crippen LogP contribution in [0.4, 0.5) is 13.2 Å². The number of nitrogens with zero attached hydrogens (tertiary/aromatic N) is 3. The lowest BCUT2D eigenvalue weighted by molar-refractivity contribution is -0.190. The molecule has 0 aliphatic carbocycles. The van der Waals surface area contributed by atoms with E-state index >= 15 is 0 Å². The first-order valence-electron chi connectivity index (χ1n) is 9.58. The van der Waals surface area contributed by atoms with Crippen LogP contribution >= 0.6 is 0 Å². The van der Waals surface area contributed by atoms with Gasteiger partial charge in [0.1, 0.15) is 0 Å². The molecule has 2 aromatic rings. The Hall–Kier alpha value is -2.58. The third-order valence-electron chi connectivity index (χ3n) is 5.08. The second-order valence-electron chi connectivity index (χ2n) is 7.87. The molecular weight excluding hydrogens is 387 g/mol. The Morgan fingerprint density at radius 3 is 2.66 bits per heavy atom. The number of esters is 1. The zero-order valence-electron chi connectivity index (χ0n) is 16.6. The van der Waals surface area contributed by atoms with Crippen molar-refractivity contribution < 1.29 is 27.5 Å². The van der Waals surface area contributed by atoms with Gasteiger partial charge in [0.15, 0.2) is 6.61 Å². The van der Waals surface area contributed by atoms with Crippen molar-refractivity contribution in [2.75, 3.05) is 13.2 Å².